The van der Waals surface area contributed by atoms with E-state index >= 15 is 0 Å². The first kappa shape index (κ1) is 14.8. The molecule has 104 valence electrons. The Hall–Kier alpha value is -1.26. The summed E-state index contributed by atoms with van der Waals surface area (Å²) < 4.78 is 0. The molecule has 1 fully saturated rings. The summed E-state index contributed by atoms with van der Waals surface area (Å²) in [5.41, 5.74) is 0. The van der Waals surface area contributed by atoms with Gasteiger partial charge in [-0.1, -0.05) is 13.8 Å². The van der Waals surface area contributed by atoms with E-state index in [1.807, 2.05) is 4.90 Å². The van der Waals surface area contributed by atoms with Gasteiger partial charge < -0.3 is 15.1 Å². The number of nitrogens with zero attached hydrogens (tertiary/aromatic N) is 2. The van der Waals surface area contributed by atoms with Crippen molar-refractivity contribution >= 4 is 11.9 Å². The van der Waals surface area contributed by atoms with E-state index in [-0.39, 0.29) is 18.5 Å². The minimum Gasteiger partial charge on any atom is -0.347 e. The van der Waals surface area contributed by atoms with Crippen LogP contribution in [0.1, 0.15) is 26.7 Å². The molecule has 0 aromatic carbocycles. The molecular weight excluding hydrogens is 230 g/mol. The van der Waals surface area contributed by atoms with Gasteiger partial charge in [0.2, 0.25) is 5.91 Å². The summed E-state index contributed by atoms with van der Waals surface area (Å²) in [6, 6.07) is -0.119. The number of urea groups is 1. The summed E-state index contributed by atoms with van der Waals surface area (Å²) in [6.07, 6.45) is 2.21. The zero-order chi connectivity index (χ0) is 13.7. The Morgan fingerprint density at radius 3 is 2.56 bits per heavy atom. The molecule has 1 aliphatic heterocycles. The van der Waals surface area contributed by atoms with Crippen LogP contribution in [-0.2, 0) is 4.79 Å². The summed E-state index contributed by atoms with van der Waals surface area (Å²) in [7, 11) is 3.37. The van der Waals surface area contributed by atoms with Crippen LogP contribution in [-0.4, -0.2) is 55.5 Å². The van der Waals surface area contributed by atoms with Gasteiger partial charge >= 0.3 is 6.03 Å². The lowest BCUT2D eigenvalue weighted by atomic mass is 9.97. The Morgan fingerprint density at radius 2 is 1.94 bits per heavy atom. The maximum atomic E-state index is 12.0. The molecular formula is C13H25N3O2. The fourth-order valence-corrected chi connectivity index (χ4v) is 2.33. The molecule has 3 amide bonds. The van der Waals surface area contributed by atoms with Gasteiger partial charge in [-0.2, -0.15) is 0 Å². The van der Waals surface area contributed by atoms with Crippen molar-refractivity contribution in [2.75, 3.05) is 33.7 Å². The van der Waals surface area contributed by atoms with Gasteiger partial charge in [0.05, 0.1) is 6.54 Å². The standard InChI is InChI=1S/C13H25N3O2/c1-10-5-6-16(9-11(2)7-10)13(18)14-8-12(17)15(3)4/h10-11H,5-9H2,1-4H3,(H,14,18)/t10-,11+/m0/s1. The molecule has 0 aromatic heterocycles. The molecule has 0 aromatic rings. The molecule has 0 aliphatic carbocycles. The maximum absolute atomic E-state index is 12.0. The normalized spacial score (nSPS) is 24.3. The molecule has 2 atom stereocenters. The highest BCUT2D eigenvalue weighted by Crippen LogP contribution is 2.21. The molecule has 1 N–H and O–H groups in total. The number of carbonyl (C=O) groups is 2. The number of likely N-dealkylation sites (tertiary alicyclic amines) is 1. The number of hydrogen-bond acceptors (Lipinski definition) is 2. The number of likely N-dealkylation sites (N-methyl/N-ethyl adjacent to an activating group) is 1. The van der Waals surface area contributed by atoms with Gasteiger partial charge in [0.1, 0.15) is 0 Å². The molecule has 1 heterocycles. The minimum absolute atomic E-state index is 0.0757. The van der Waals surface area contributed by atoms with Crippen LogP contribution in [0.25, 0.3) is 0 Å². The topological polar surface area (TPSA) is 52.7 Å². The highest BCUT2D eigenvalue weighted by molar-refractivity contribution is 5.83. The second kappa shape index (κ2) is 6.61. The van der Waals surface area contributed by atoms with Gasteiger partial charge in [0, 0.05) is 27.2 Å². The summed E-state index contributed by atoms with van der Waals surface area (Å²) in [5, 5.41) is 2.69. The van der Waals surface area contributed by atoms with Crippen molar-refractivity contribution < 1.29 is 9.59 Å². The lowest BCUT2D eigenvalue weighted by molar-refractivity contribution is -0.127. The zero-order valence-corrected chi connectivity index (χ0v) is 11.9. The molecule has 0 bridgehead atoms. The summed E-state index contributed by atoms with van der Waals surface area (Å²) in [5.74, 6) is 1.11. The van der Waals surface area contributed by atoms with Crippen molar-refractivity contribution in [1.29, 1.82) is 0 Å². The lowest BCUT2D eigenvalue weighted by Gasteiger charge is -2.23. The Labute approximate surface area is 110 Å². The number of rotatable bonds is 2. The van der Waals surface area contributed by atoms with Gasteiger partial charge in [-0.3, -0.25) is 4.79 Å². The smallest absolute Gasteiger partial charge is 0.317 e. The molecule has 0 radical (unpaired) electrons. The van der Waals surface area contributed by atoms with Crippen molar-refractivity contribution in [3.63, 3.8) is 0 Å². The van der Waals surface area contributed by atoms with Crippen molar-refractivity contribution in [2.45, 2.75) is 26.7 Å². The van der Waals surface area contributed by atoms with Crippen LogP contribution in [0.15, 0.2) is 0 Å². The van der Waals surface area contributed by atoms with Crippen LogP contribution in [0, 0.1) is 11.8 Å². The average Bonchev–Trinajstić information content (AvgIpc) is 2.46. The quantitative estimate of drug-likeness (QED) is 0.805. The van der Waals surface area contributed by atoms with Crippen LogP contribution in [0.2, 0.25) is 0 Å². The van der Waals surface area contributed by atoms with E-state index < -0.39 is 0 Å². The molecule has 1 saturated heterocycles. The van der Waals surface area contributed by atoms with E-state index in [0.717, 1.165) is 19.5 Å². The number of nitrogens with one attached hydrogen (secondary N) is 1. The van der Waals surface area contributed by atoms with E-state index in [2.05, 4.69) is 19.2 Å². The summed E-state index contributed by atoms with van der Waals surface area (Å²) >= 11 is 0. The third-order valence-corrected chi connectivity index (χ3v) is 3.41. The van der Waals surface area contributed by atoms with E-state index in [0.29, 0.717) is 11.8 Å². The molecule has 5 nitrogen and oxygen atoms in total. The van der Waals surface area contributed by atoms with Crippen molar-refractivity contribution in [3.8, 4) is 0 Å². The molecule has 18 heavy (non-hydrogen) atoms. The van der Waals surface area contributed by atoms with Gasteiger partial charge in [-0.05, 0) is 24.7 Å². The van der Waals surface area contributed by atoms with Gasteiger partial charge in [-0.15, -0.1) is 0 Å². The number of amides is 3. The second-order valence-electron chi connectivity index (χ2n) is 5.63. The second-order valence-corrected chi connectivity index (χ2v) is 5.63. The summed E-state index contributed by atoms with van der Waals surface area (Å²) in [4.78, 5) is 26.7. The van der Waals surface area contributed by atoms with Gasteiger partial charge in [0.15, 0.2) is 0 Å². The Kier molecular flexibility index (Phi) is 5.44. The molecule has 1 rings (SSSR count). The highest BCUT2D eigenvalue weighted by Gasteiger charge is 2.22. The molecule has 0 spiro atoms. The lowest BCUT2D eigenvalue weighted by Crippen LogP contribution is -2.45. The highest BCUT2D eigenvalue weighted by atomic mass is 16.2. The van der Waals surface area contributed by atoms with Crippen LogP contribution >= 0.6 is 0 Å². The average molecular weight is 255 g/mol. The fourth-order valence-electron chi connectivity index (χ4n) is 2.33. The van der Waals surface area contributed by atoms with E-state index in [1.165, 1.54) is 11.3 Å². The van der Waals surface area contributed by atoms with Crippen LogP contribution in [0.3, 0.4) is 0 Å². The van der Waals surface area contributed by atoms with Crippen molar-refractivity contribution in [1.82, 2.24) is 15.1 Å². The molecule has 0 unspecified atom stereocenters. The fraction of sp³-hybridized carbons (Fsp3) is 0.846. The number of hydrogen-bond donors (Lipinski definition) is 1. The SMILES string of the molecule is C[C@@H]1C[C@@H](C)CCN(C(=O)NCC(=O)N(C)C)C1. The first-order valence-corrected chi connectivity index (χ1v) is 6.63. The van der Waals surface area contributed by atoms with Crippen LogP contribution in [0.5, 0.6) is 0 Å². The van der Waals surface area contributed by atoms with Crippen molar-refractivity contribution in [2.24, 2.45) is 11.8 Å². The van der Waals surface area contributed by atoms with Gasteiger partial charge in [-0.25, -0.2) is 4.79 Å². The monoisotopic (exact) mass is 255 g/mol. The Bertz CT molecular complexity index is 305. The Balaban J connectivity index is 2.43. The van der Waals surface area contributed by atoms with Crippen molar-refractivity contribution in [3.05, 3.63) is 0 Å². The third-order valence-electron chi connectivity index (χ3n) is 3.41. The van der Waals surface area contributed by atoms with Gasteiger partial charge in [0.25, 0.3) is 0 Å². The predicted molar refractivity (Wildman–Crippen MR) is 71.2 cm³/mol. The zero-order valence-electron chi connectivity index (χ0n) is 11.9. The van der Waals surface area contributed by atoms with Crippen LogP contribution in [0.4, 0.5) is 4.79 Å². The largest absolute Gasteiger partial charge is 0.347 e. The maximum Gasteiger partial charge on any atom is 0.317 e. The molecule has 1 aliphatic rings. The molecule has 0 saturated carbocycles. The van der Waals surface area contributed by atoms with Crippen LogP contribution < -0.4 is 5.32 Å². The van der Waals surface area contributed by atoms with E-state index in [4.69, 9.17) is 0 Å². The predicted octanol–water partition coefficient (Wildman–Crippen LogP) is 1.15. The number of carbonyl (C=O) groups excluding carboxylic acids is 2. The minimum atomic E-state index is -0.119. The third kappa shape index (κ3) is 4.55. The Morgan fingerprint density at radius 1 is 1.28 bits per heavy atom. The molecule has 5 heteroatoms. The van der Waals surface area contributed by atoms with E-state index in [9.17, 15) is 9.59 Å². The summed E-state index contributed by atoms with van der Waals surface area (Å²) in [6.45, 7) is 6.05. The first-order valence-electron chi connectivity index (χ1n) is 6.63. The first-order chi connectivity index (χ1) is 8.40. The van der Waals surface area contributed by atoms with E-state index in [1.54, 1.807) is 14.1 Å².